The van der Waals surface area contributed by atoms with Gasteiger partial charge in [0.1, 0.15) is 6.54 Å². The van der Waals surface area contributed by atoms with Crippen LogP contribution in [0.3, 0.4) is 0 Å². The summed E-state index contributed by atoms with van der Waals surface area (Å²) in [5, 5.41) is 11.9. The van der Waals surface area contributed by atoms with Gasteiger partial charge in [-0.2, -0.15) is 0 Å². The maximum Gasteiger partial charge on any atom is 0.294 e. The van der Waals surface area contributed by atoms with Crippen molar-refractivity contribution < 1.29 is 24.2 Å². The van der Waals surface area contributed by atoms with Crippen LogP contribution in [0.2, 0.25) is 0 Å². The monoisotopic (exact) mass is 412 g/mol. The Labute approximate surface area is 172 Å². The minimum absolute atomic E-state index is 0.0270. The van der Waals surface area contributed by atoms with Gasteiger partial charge in [0.15, 0.2) is 11.5 Å². The summed E-state index contributed by atoms with van der Waals surface area (Å²) in [6, 6.07) is 10.2. The lowest BCUT2D eigenvalue weighted by molar-refractivity contribution is -0.127. The summed E-state index contributed by atoms with van der Waals surface area (Å²) in [7, 11) is 1.42. The molecule has 1 fully saturated rings. The Morgan fingerprint density at radius 3 is 2.52 bits per heavy atom. The fraction of sp³-hybridized carbons (Fsp3) is 0.190. The van der Waals surface area contributed by atoms with Crippen molar-refractivity contribution in [1.29, 1.82) is 0 Å². The number of phenols is 1. The Morgan fingerprint density at radius 1 is 1.17 bits per heavy atom. The van der Waals surface area contributed by atoms with E-state index in [1.165, 1.54) is 19.3 Å². The molecule has 0 atom stereocenters. The Morgan fingerprint density at radius 2 is 1.86 bits per heavy atom. The maximum absolute atomic E-state index is 12.6. The van der Waals surface area contributed by atoms with E-state index in [1.54, 1.807) is 12.1 Å². The number of nitrogens with one attached hydrogen (secondary N) is 1. The van der Waals surface area contributed by atoms with Crippen LogP contribution in [0.15, 0.2) is 41.3 Å². The molecule has 7 nitrogen and oxygen atoms in total. The van der Waals surface area contributed by atoms with Gasteiger partial charge < -0.3 is 15.2 Å². The van der Waals surface area contributed by atoms with Crippen LogP contribution < -0.4 is 10.1 Å². The van der Waals surface area contributed by atoms with E-state index >= 15 is 0 Å². The summed E-state index contributed by atoms with van der Waals surface area (Å²) in [6.07, 6.45) is 1.52. The number of hydrogen-bond acceptors (Lipinski definition) is 6. The highest BCUT2D eigenvalue weighted by molar-refractivity contribution is 8.18. The van der Waals surface area contributed by atoms with E-state index in [0.29, 0.717) is 11.3 Å². The molecule has 0 saturated carbocycles. The number of aryl methyl sites for hydroxylation is 2. The number of nitrogens with zero attached hydrogens (tertiary/aromatic N) is 1. The van der Waals surface area contributed by atoms with Gasteiger partial charge >= 0.3 is 0 Å². The number of amides is 3. The molecular weight excluding hydrogens is 392 g/mol. The van der Waals surface area contributed by atoms with Gasteiger partial charge in [-0.15, -0.1) is 0 Å². The van der Waals surface area contributed by atoms with Crippen LogP contribution in [0.5, 0.6) is 11.5 Å². The predicted molar refractivity (Wildman–Crippen MR) is 112 cm³/mol. The number of phenolic OH excluding ortho intramolecular Hbond substituents is 1. The molecule has 150 valence electrons. The van der Waals surface area contributed by atoms with Crippen molar-refractivity contribution in [2.45, 2.75) is 13.8 Å². The van der Waals surface area contributed by atoms with Crippen molar-refractivity contribution in [2.24, 2.45) is 0 Å². The van der Waals surface area contributed by atoms with E-state index in [0.717, 1.165) is 27.8 Å². The van der Waals surface area contributed by atoms with Crippen molar-refractivity contribution in [3.05, 3.63) is 58.0 Å². The van der Waals surface area contributed by atoms with E-state index in [2.05, 4.69) is 5.32 Å². The number of benzene rings is 2. The van der Waals surface area contributed by atoms with Crippen molar-refractivity contribution in [3.8, 4) is 11.5 Å². The fourth-order valence-electron chi connectivity index (χ4n) is 2.96. The highest BCUT2D eigenvalue weighted by atomic mass is 32.2. The number of aromatic hydroxyl groups is 1. The van der Waals surface area contributed by atoms with Gasteiger partial charge in [-0.05, 0) is 72.6 Å². The van der Waals surface area contributed by atoms with Crippen molar-refractivity contribution >= 4 is 40.6 Å². The molecule has 3 rings (SSSR count). The van der Waals surface area contributed by atoms with Crippen molar-refractivity contribution in [3.63, 3.8) is 0 Å². The van der Waals surface area contributed by atoms with Crippen molar-refractivity contribution in [2.75, 3.05) is 19.0 Å². The summed E-state index contributed by atoms with van der Waals surface area (Å²) < 4.78 is 5.04. The normalized spacial score (nSPS) is 15.1. The molecule has 1 heterocycles. The molecule has 1 saturated heterocycles. The zero-order valence-electron chi connectivity index (χ0n) is 16.2. The standard InChI is InChI=1S/C21H20N2O5S/c1-12-6-13(2)8-15(7-12)22-19(25)11-23-20(26)18(29-21(23)27)10-14-4-5-16(24)17(9-14)28-3/h4-10,24H,11H2,1-3H3,(H,22,25)/b18-10+. The molecule has 3 amide bonds. The Hall–Kier alpha value is -3.26. The van der Waals surface area contributed by atoms with Crippen LogP contribution in [-0.4, -0.2) is 40.7 Å². The number of thioether (sulfide) groups is 1. The molecule has 0 aromatic heterocycles. The molecule has 0 spiro atoms. The van der Waals surface area contributed by atoms with E-state index < -0.39 is 17.1 Å². The first kappa shape index (κ1) is 20.5. The average molecular weight is 412 g/mol. The van der Waals surface area contributed by atoms with Crippen LogP contribution >= 0.6 is 11.8 Å². The van der Waals surface area contributed by atoms with Gasteiger partial charge in [0.2, 0.25) is 5.91 Å². The second-order valence-corrected chi connectivity index (χ2v) is 7.62. The molecular formula is C21H20N2O5S. The van der Waals surface area contributed by atoms with Gasteiger partial charge in [-0.1, -0.05) is 12.1 Å². The van der Waals surface area contributed by atoms with Crippen LogP contribution in [0.4, 0.5) is 10.5 Å². The lowest BCUT2D eigenvalue weighted by Gasteiger charge is -2.13. The van der Waals surface area contributed by atoms with Gasteiger partial charge in [0.25, 0.3) is 11.1 Å². The third-order valence-electron chi connectivity index (χ3n) is 4.18. The molecule has 0 aliphatic carbocycles. The van der Waals surface area contributed by atoms with Crippen LogP contribution in [-0.2, 0) is 9.59 Å². The highest BCUT2D eigenvalue weighted by Crippen LogP contribution is 2.34. The molecule has 0 radical (unpaired) electrons. The first-order valence-corrected chi connectivity index (χ1v) is 9.59. The lowest BCUT2D eigenvalue weighted by atomic mass is 10.1. The van der Waals surface area contributed by atoms with Crippen molar-refractivity contribution in [1.82, 2.24) is 4.90 Å². The number of carbonyl (C=O) groups excluding carboxylic acids is 3. The van der Waals surface area contributed by atoms with Gasteiger partial charge in [0.05, 0.1) is 12.0 Å². The summed E-state index contributed by atoms with van der Waals surface area (Å²) in [5.74, 6) is -0.765. The molecule has 1 aliphatic heterocycles. The highest BCUT2D eigenvalue weighted by Gasteiger charge is 2.36. The SMILES string of the molecule is COc1cc(/C=C2/SC(=O)N(CC(=O)Nc3cc(C)cc(C)c3)C2=O)ccc1O. The first-order chi connectivity index (χ1) is 13.8. The smallest absolute Gasteiger partial charge is 0.294 e. The minimum atomic E-state index is -0.539. The molecule has 0 unspecified atom stereocenters. The Bertz CT molecular complexity index is 1010. The van der Waals surface area contributed by atoms with Crippen LogP contribution in [0, 0.1) is 13.8 Å². The number of imide groups is 1. The van der Waals surface area contributed by atoms with E-state index in [9.17, 15) is 19.5 Å². The number of methoxy groups -OCH3 is 1. The fourth-order valence-corrected chi connectivity index (χ4v) is 3.80. The zero-order chi connectivity index (χ0) is 21.1. The predicted octanol–water partition coefficient (Wildman–Crippen LogP) is 3.69. The third-order valence-corrected chi connectivity index (χ3v) is 5.09. The average Bonchev–Trinajstić information content (AvgIpc) is 2.89. The molecule has 0 bridgehead atoms. The summed E-state index contributed by atoms with van der Waals surface area (Å²) in [5.41, 5.74) is 3.20. The van der Waals surface area contributed by atoms with Gasteiger partial charge in [0, 0.05) is 5.69 Å². The molecule has 1 aliphatic rings. The molecule has 2 aromatic carbocycles. The number of anilines is 1. The first-order valence-electron chi connectivity index (χ1n) is 8.77. The number of carbonyl (C=O) groups is 3. The zero-order valence-corrected chi connectivity index (χ0v) is 17.0. The molecule has 29 heavy (non-hydrogen) atoms. The Kier molecular flexibility index (Phi) is 5.93. The Balaban J connectivity index is 1.72. The minimum Gasteiger partial charge on any atom is -0.504 e. The van der Waals surface area contributed by atoms with E-state index in [4.69, 9.17) is 4.74 Å². The quantitative estimate of drug-likeness (QED) is 0.727. The van der Waals surface area contributed by atoms with Crippen LogP contribution in [0.1, 0.15) is 16.7 Å². The summed E-state index contributed by atoms with van der Waals surface area (Å²) in [6.45, 7) is 3.47. The van der Waals surface area contributed by atoms with E-state index in [-0.39, 0.29) is 22.9 Å². The van der Waals surface area contributed by atoms with Gasteiger partial charge in [-0.3, -0.25) is 19.3 Å². The second kappa shape index (κ2) is 8.40. The third kappa shape index (κ3) is 4.78. The largest absolute Gasteiger partial charge is 0.504 e. The number of rotatable bonds is 5. The maximum atomic E-state index is 12.6. The van der Waals surface area contributed by atoms with Gasteiger partial charge in [-0.25, -0.2) is 0 Å². The lowest BCUT2D eigenvalue weighted by Crippen LogP contribution is -2.36. The number of hydrogen-bond donors (Lipinski definition) is 2. The molecule has 8 heteroatoms. The molecule has 2 aromatic rings. The number of ether oxygens (including phenoxy) is 1. The summed E-state index contributed by atoms with van der Waals surface area (Å²) >= 11 is 0.763. The van der Waals surface area contributed by atoms with E-state index in [1.807, 2.05) is 32.0 Å². The topological polar surface area (TPSA) is 95.9 Å². The summed E-state index contributed by atoms with van der Waals surface area (Å²) in [4.78, 5) is 38.3. The molecule has 2 N–H and O–H groups in total. The second-order valence-electron chi connectivity index (χ2n) is 6.62. The van der Waals surface area contributed by atoms with Crippen LogP contribution in [0.25, 0.3) is 6.08 Å².